The van der Waals surface area contributed by atoms with E-state index in [2.05, 4.69) is 5.32 Å². The van der Waals surface area contributed by atoms with E-state index in [0.29, 0.717) is 31.8 Å². The Hall–Kier alpha value is -1.66. The lowest BCUT2D eigenvalue weighted by molar-refractivity contribution is 0.0732. The highest BCUT2D eigenvalue weighted by molar-refractivity contribution is 5.95. The van der Waals surface area contributed by atoms with E-state index in [0.717, 1.165) is 24.3 Å². The van der Waals surface area contributed by atoms with Gasteiger partial charge < -0.3 is 19.5 Å². The summed E-state index contributed by atoms with van der Waals surface area (Å²) >= 11 is 0. The van der Waals surface area contributed by atoms with Crippen LogP contribution in [-0.4, -0.2) is 55.3 Å². The number of pyridine rings is 1. The fraction of sp³-hybridized carbons (Fsp3) is 0.600. The summed E-state index contributed by atoms with van der Waals surface area (Å²) in [4.78, 5) is 27.0. The number of piperazine rings is 1. The van der Waals surface area contributed by atoms with Gasteiger partial charge in [-0.2, -0.15) is 0 Å². The first-order chi connectivity index (χ1) is 10.1. The molecule has 0 unspecified atom stereocenters. The van der Waals surface area contributed by atoms with E-state index in [9.17, 15) is 9.59 Å². The van der Waals surface area contributed by atoms with Crippen LogP contribution in [-0.2, 0) is 11.3 Å². The zero-order chi connectivity index (χ0) is 15.4. The molecule has 1 amide bonds. The molecule has 0 radical (unpaired) electrons. The predicted octanol–water partition coefficient (Wildman–Crippen LogP) is 0.157. The lowest BCUT2D eigenvalue weighted by Crippen LogP contribution is -2.48. The SMILES string of the molecule is COCCn1c(C)cc(C)c(C(=O)N2CCNCC2)c1=O. The summed E-state index contributed by atoms with van der Waals surface area (Å²) in [6.07, 6.45) is 0. The minimum absolute atomic E-state index is 0.162. The first-order valence-corrected chi connectivity index (χ1v) is 7.26. The Balaban J connectivity index is 2.38. The summed E-state index contributed by atoms with van der Waals surface area (Å²) in [6.45, 7) is 7.44. The van der Waals surface area contributed by atoms with Gasteiger partial charge in [-0.25, -0.2) is 0 Å². The molecule has 1 aliphatic heterocycles. The largest absolute Gasteiger partial charge is 0.383 e. The van der Waals surface area contributed by atoms with Gasteiger partial charge in [0.1, 0.15) is 5.56 Å². The van der Waals surface area contributed by atoms with Crippen LogP contribution in [0.3, 0.4) is 0 Å². The summed E-state index contributed by atoms with van der Waals surface area (Å²) < 4.78 is 6.66. The van der Waals surface area contributed by atoms with Crippen molar-refractivity contribution < 1.29 is 9.53 Å². The molecule has 1 aliphatic rings. The highest BCUT2D eigenvalue weighted by Gasteiger charge is 2.23. The molecule has 2 rings (SSSR count). The molecule has 21 heavy (non-hydrogen) atoms. The minimum atomic E-state index is -0.215. The van der Waals surface area contributed by atoms with Crippen LogP contribution in [0, 0.1) is 13.8 Å². The molecule has 1 aromatic rings. The Morgan fingerprint density at radius 3 is 2.62 bits per heavy atom. The van der Waals surface area contributed by atoms with Gasteiger partial charge in [-0.15, -0.1) is 0 Å². The average Bonchev–Trinajstić information content (AvgIpc) is 2.47. The Morgan fingerprint density at radius 2 is 2.00 bits per heavy atom. The highest BCUT2D eigenvalue weighted by Crippen LogP contribution is 2.10. The number of hydrogen-bond donors (Lipinski definition) is 1. The summed E-state index contributed by atoms with van der Waals surface area (Å²) in [5, 5.41) is 3.20. The molecule has 1 fully saturated rings. The van der Waals surface area contributed by atoms with Gasteiger partial charge in [-0.1, -0.05) is 0 Å². The Labute approximate surface area is 124 Å². The number of nitrogens with one attached hydrogen (secondary N) is 1. The fourth-order valence-corrected chi connectivity index (χ4v) is 2.67. The van der Waals surface area contributed by atoms with Gasteiger partial charge in [0.15, 0.2) is 0 Å². The van der Waals surface area contributed by atoms with Crippen molar-refractivity contribution in [2.75, 3.05) is 39.9 Å². The number of aryl methyl sites for hydroxylation is 2. The number of rotatable bonds is 4. The van der Waals surface area contributed by atoms with Crippen LogP contribution in [0.1, 0.15) is 21.6 Å². The van der Waals surface area contributed by atoms with Gasteiger partial charge in [-0.05, 0) is 25.5 Å². The predicted molar refractivity (Wildman–Crippen MR) is 80.8 cm³/mol. The maximum absolute atomic E-state index is 12.6. The number of carbonyl (C=O) groups excluding carboxylic acids is 1. The molecular formula is C15H23N3O3. The molecular weight excluding hydrogens is 270 g/mol. The Kier molecular flexibility index (Phi) is 5.14. The van der Waals surface area contributed by atoms with Crippen LogP contribution in [0.4, 0.5) is 0 Å². The van der Waals surface area contributed by atoms with Crippen LogP contribution in [0.25, 0.3) is 0 Å². The van der Waals surface area contributed by atoms with Crippen LogP contribution in [0.5, 0.6) is 0 Å². The summed E-state index contributed by atoms with van der Waals surface area (Å²) in [6, 6.07) is 1.90. The van der Waals surface area contributed by atoms with Gasteiger partial charge in [0.2, 0.25) is 0 Å². The molecule has 0 spiro atoms. The molecule has 6 nitrogen and oxygen atoms in total. The monoisotopic (exact) mass is 293 g/mol. The lowest BCUT2D eigenvalue weighted by Gasteiger charge is -2.28. The number of amides is 1. The van der Waals surface area contributed by atoms with E-state index in [4.69, 9.17) is 4.74 Å². The van der Waals surface area contributed by atoms with Gasteiger partial charge in [0, 0.05) is 45.5 Å². The maximum Gasteiger partial charge on any atom is 0.263 e. The topological polar surface area (TPSA) is 63.6 Å². The van der Waals surface area contributed by atoms with E-state index in [-0.39, 0.29) is 11.5 Å². The molecule has 0 bridgehead atoms. The van der Waals surface area contributed by atoms with Crippen molar-refractivity contribution in [3.8, 4) is 0 Å². The number of aromatic nitrogens is 1. The minimum Gasteiger partial charge on any atom is -0.383 e. The van der Waals surface area contributed by atoms with E-state index >= 15 is 0 Å². The van der Waals surface area contributed by atoms with Crippen LogP contribution >= 0.6 is 0 Å². The normalized spacial score (nSPS) is 15.3. The molecule has 0 aliphatic carbocycles. The Bertz CT molecular complexity index is 574. The first kappa shape index (κ1) is 15.7. The molecule has 1 aromatic heterocycles. The third-order valence-corrected chi connectivity index (χ3v) is 3.84. The van der Waals surface area contributed by atoms with Crippen molar-refractivity contribution >= 4 is 5.91 Å². The quantitative estimate of drug-likeness (QED) is 0.859. The average molecular weight is 293 g/mol. The first-order valence-electron chi connectivity index (χ1n) is 7.26. The van der Waals surface area contributed by atoms with Crippen molar-refractivity contribution in [2.45, 2.75) is 20.4 Å². The third kappa shape index (κ3) is 3.33. The highest BCUT2D eigenvalue weighted by atomic mass is 16.5. The van der Waals surface area contributed by atoms with Gasteiger partial charge in [0.25, 0.3) is 11.5 Å². The standard InChI is InChI=1S/C15H23N3O3/c1-11-10-12(2)18(8-9-21-3)15(20)13(11)14(19)17-6-4-16-5-7-17/h10,16H,4-9H2,1-3H3. The van der Waals surface area contributed by atoms with Gasteiger partial charge in [-0.3, -0.25) is 9.59 Å². The fourth-order valence-electron chi connectivity index (χ4n) is 2.67. The smallest absolute Gasteiger partial charge is 0.263 e. The number of hydrogen-bond acceptors (Lipinski definition) is 4. The molecule has 6 heteroatoms. The summed E-state index contributed by atoms with van der Waals surface area (Å²) in [5.41, 5.74) is 1.67. The molecule has 1 saturated heterocycles. The summed E-state index contributed by atoms with van der Waals surface area (Å²) in [5.74, 6) is -0.162. The van der Waals surface area contributed by atoms with E-state index in [1.54, 1.807) is 16.6 Å². The van der Waals surface area contributed by atoms with Crippen LogP contribution in [0.2, 0.25) is 0 Å². The van der Waals surface area contributed by atoms with Gasteiger partial charge >= 0.3 is 0 Å². The van der Waals surface area contributed by atoms with Crippen LogP contribution in [0.15, 0.2) is 10.9 Å². The zero-order valence-electron chi connectivity index (χ0n) is 12.9. The van der Waals surface area contributed by atoms with Crippen molar-refractivity contribution in [3.63, 3.8) is 0 Å². The zero-order valence-corrected chi connectivity index (χ0v) is 12.9. The molecule has 0 saturated carbocycles. The van der Waals surface area contributed by atoms with E-state index in [1.807, 2.05) is 19.9 Å². The van der Waals surface area contributed by atoms with E-state index in [1.165, 1.54) is 0 Å². The number of carbonyl (C=O) groups is 1. The molecule has 116 valence electrons. The van der Waals surface area contributed by atoms with Crippen molar-refractivity contribution in [1.29, 1.82) is 0 Å². The molecule has 2 heterocycles. The third-order valence-electron chi connectivity index (χ3n) is 3.84. The lowest BCUT2D eigenvalue weighted by atomic mass is 10.1. The van der Waals surface area contributed by atoms with Crippen molar-refractivity contribution in [2.24, 2.45) is 0 Å². The number of ether oxygens (including phenoxy) is 1. The van der Waals surface area contributed by atoms with Gasteiger partial charge in [0.05, 0.1) is 6.61 Å². The Morgan fingerprint density at radius 1 is 1.33 bits per heavy atom. The second-order valence-corrected chi connectivity index (χ2v) is 5.34. The maximum atomic E-state index is 12.6. The second kappa shape index (κ2) is 6.87. The number of nitrogens with zero attached hydrogens (tertiary/aromatic N) is 2. The number of methoxy groups -OCH3 is 1. The van der Waals surface area contributed by atoms with Crippen LogP contribution < -0.4 is 10.9 Å². The summed E-state index contributed by atoms with van der Waals surface area (Å²) in [7, 11) is 1.60. The molecule has 0 atom stereocenters. The van der Waals surface area contributed by atoms with Crippen molar-refractivity contribution in [1.82, 2.24) is 14.8 Å². The van der Waals surface area contributed by atoms with E-state index < -0.39 is 0 Å². The molecule has 1 N–H and O–H groups in total. The second-order valence-electron chi connectivity index (χ2n) is 5.34. The van der Waals surface area contributed by atoms with Crippen molar-refractivity contribution in [3.05, 3.63) is 33.2 Å². The molecule has 0 aromatic carbocycles.